The first-order valence-electron chi connectivity index (χ1n) is 10.4. The molecule has 5 heteroatoms. The van der Waals surface area contributed by atoms with Gasteiger partial charge in [-0.25, -0.2) is 0 Å². The average Bonchev–Trinajstić information content (AvgIpc) is 2.79. The summed E-state index contributed by atoms with van der Waals surface area (Å²) in [5, 5.41) is 3.32. The van der Waals surface area contributed by atoms with E-state index in [0.29, 0.717) is 13.1 Å². The summed E-state index contributed by atoms with van der Waals surface area (Å²) in [5.41, 5.74) is 7.32. The Labute approximate surface area is 179 Å². The molecule has 2 aromatic rings. The first-order chi connectivity index (χ1) is 14.7. The Hall–Kier alpha value is -3.02. The zero-order chi connectivity index (χ0) is 21.4. The summed E-state index contributed by atoms with van der Waals surface area (Å²) in [6.07, 6.45) is 8.96. The van der Waals surface area contributed by atoms with Gasteiger partial charge in [-0.2, -0.15) is 0 Å². The molecule has 0 unspecified atom stereocenters. The van der Waals surface area contributed by atoms with E-state index in [1.165, 1.54) is 17.1 Å². The van der Waals surface area contributed by atoms with E-state index in [0.717, 1.165) is 43.5 Å². The number of benzene rings is 2. The molecule has 2 rings (SSSR count). The number of amides is 2. The molecule has 2 aromatic carbocycles. The SMILES string of the molecule is NCCCNCCCCN(C(=O)C=Cc1ccccc1)C(=O)C=Cc1ccccc1. The molecule has 0 saturated carbocycles. The maximum absolute atomic E-state index is 12.7. The molecule has 3 N–H and O–H groups in total. The Balaban J connectivity index is 1.97. The molecule has 0 bridgehead atoms. The molecule has 5 nitrogen and oxygen atoms in total. The molecule has 0 spiro atoms. The molecule has 158 valence electrons. The Morgan fingerprint density at radius 3 is 1.77 bits per heavy atom. The van der Waals surface area contributed by atoms with Crippen LogP contribution in [-0.4, -0.2) is 42.9 Å². The molecule has 0 aromatic heterocycles. The van der Waals surface area contributed by atoms with E-state index in [2.05, 4.69) is 5.32 Å². The third-order valence-corrected chi connectivity index (χ3v) is 4.51. The summed E-state index contributed by atoms with van der Waals surface area (Å²) in [7, 11) is 0. The van der Waals surface area contributed by atoms with E-state index in [9.17, 15) is 9.59 Å². The summed E-state index contributed by atoms with van der Waals surface area (Å²) < 4.78 is 0. The minimum atomic E-state index is -0.308. The van der Waals surface area contributed by atoms with Crippen molar-refractivity contribution in [2.75, 3.05) is 26.2 Å². The van der Waals surface area contributed by atoms with Gasteiger partial charge in [0.05, 0.1) is 0 Å². The Kier molecular flexibility index (Phi) is 10.9. The van der Waals surface area contributed by atoms with Crippen molar-refractivity contribution < 1.29 is 9.59 Å². The Morgan fingerprint density at radius 2 is 1.27 bits per heavy atom. The lowest BCUT2D eigenvalue weighted by Crippen LogP contribution is -2.35. The zero-order valence-electron chi connectivity index (χ0n) is 17.4. The second-order valence-electron chi connectivity index (χ2n) is 6.92. The lowest BCUT2D eigenvalue weighted by atomic mass is 10.2. The lowest BCUT2D eigenvalue weighted by molar-refractivity contribution is -0.138. The molecule has 0 atom stereocenters. The molecule has 0 aliphatic rings. The second-order valence-corrected chi connectivity index (χ2v) is 6.92. The molecule has 0 aliphatic carbocycles. The number of hydrogen-bond donors (Lipinski definition) is 2. The molecule has 0 heterocycles. The molecule has 0 fully saturated rings. The molecule has 0 aliphatic heterocycles. The summed E-state index contributed by atoms with van der Waals surface area (Å²) in [5.74, 6) is -0.615. The van der Waals surface area contributed by atoms with Crippen molar-refractivity contribution in [3.63, 3.8) is 0 Å². The van der Waals surface area contributed by atoms with Crippen LogP contribution in [0, 0.1) is 0 Å². The quantitative estimate of drug-likeness (QED) is 0.419. The van der Waals surface area contributed by atoms with Gasteiger partial charge in [0.25, 0.3) is 11.8 Å². The van der Waals surface area contributed by atoms with Crippen LogP contribution in [0.5, 0.6) is 0 Å². The van der Waals surface area contributed by atoms with Crippen LogP contribution in [0.1, 0.15) is 30.4 Å². The first-order valence-corrected chi connectivity index (χ1v) is 10.4. The van der Waals surface area contributed by atoms with Gasteiger partial charge in [-0.15, -0.1) is 0 Å². The van der Waals surface area contributed by atoms with Gasteiger partial charge in [0.15, 0.2) is 0 Å². The minimum Gasteiger partial charge on any atom is -0.330 e. The van der Waals surface area contributed by atoms with Gasteiger partial charge in [0.1, 0.15) is 0 Å². The van der Waals surface area contributed by atoms with Crippen LogP contribution in [0.4, 0.5) is 0 Å². The van der Waals surface area contributed by atoms with E-state index in [1.807, 2.05) is 60.7 Å². The van der Waals surface area contributed by atoms with Crippen molar-refractivity contribution in [2.45, 2.75) is 19.3 Å². The summed E-state index contributed by atoms with van der Waals surface area (Å²) >= 11 is 0. The predicted octanol–water partition coefficient (Wildman–Crippen LogP) is 3.49. The highest BCUT2D eigenvalue weighted by Crippen LogP contribution is 2.06. The highest BCUT2D eigenvalue weighted by molar-refractivity contribution is 6.07. The maximum Gasteiger partial charge on any atom is 0.253 e. The summed E-state index contributed by atoms with van der Waals surface area (Å²) in [6.45, 7) is 2.79. The van der Waals surface area contributed by atoms with Crippen LogP contribution in [-0.2, 0) is 9.59 Å². The summed E-state index contributed by atoms with van der Waals surface area (Å²) in [4.78, 5) is 26.8. The fourth-order valence-corrected chi connectivity index (χ4v) is 2.84. The lowest BCUT2D eigenvalue weighted by Gasteiger charge is -2.18. The van der Waals surface area contributed by atoms with Gasteiger partial charge < -0.3 is 11.1 Å². The van der Waals surface area contributed by atoms with Crippen molar-refractivity contribution in [1.82, 2.24) is 10.2 Å². The monoisotopic (exact) mass is 405 g/mol. The van der Waals surface area contributed by atoms with E-state index in [4.69, 9.17) is 5.73 Å². The molecular formula is C25H31N3O2. The Bertz CT molecular complexity index is 755. The van der Waals surface area contributed by atoms with Crippen LogP contribution in [0.15, 0.2) is 72.8 Å². The largest absolute Gasteiger partial charge is 0.330 e. The van der Waals surface area contributed by atoms with Crippen LogP contribution in [0.25, 0.3) is 12.2 Å². The van der Waals surface area contributed by atoms with Gasteiger partial charge >= 0.3 is 0 Å². The van der Waals surface area contributed by atoms with Gasteiger partial charge in [0.2, 0.25) is 0 Å². The van der Waals surface area contributed by atoms with Crippen molar-refractivity contribution in [3.05, 3.63) is 83.9 Å². The predicted molar refractivity (Wildman–Crippen MR) is 123 cm³/mol. The second kappa shape index (κ2) is 14.0. The zero-order valence-corrected chi connectivity index (χ0v) is 17.4. The van der Waals surface area contributed by atoms with Crippen molar-refractivity contribution >= 4 is 24.0 Å². The fraction of sp³-hybridized carbons (Fsp3) is 0.280. The molecular weight excluding hydrogens is 374 g/mol. The number of unbranched alkanes of at least 4 members (excludes halogenated alkanes) is 1. The molecule has 0 radical (unpaired) electrons. The third-order valence-electron chi connectivity index (χ3n) is 4.51. The van der Waals surface area contributed by atoms with Crippen molar-refractivity contribution in [3.8, 4) is 0 Å². The van der Waals surface area contributed by atoms with Gasteiger partial charge in [-0.1, -0.05) is 60.7 Å². The molecule has 30 heavy (non-hydrogen) atoms. The van der Waals surface area contributed by atoms with E-state index < -0.39 is 0 Å². The third kappa shape index (κ3) is 8.99. The van der Waals surface area contributed by atoms with Crippen LogP contribution >= 0.6 is 0 Å². The standard InChI is InChI=1S/C25H31N3O2/c26-18-9-20-27-19-7-8-21-28(24(29)16-14-22-10-3-1-4-11-22)25(30)17-15-23-12-5-2-6-13-23/h1-6,10-17,27H,7-9,18-21,26H2. The van der Waals surface area contributed by atoms with Crippen LogP contribution in [0.2, 0.25) is 0 Å². The number of rotatable bonds is 12. The van der Waals surface area contributed by atoms with E-state index in [-0.39, 0.29) is 11.8 Å². The number of hydrogen-bond acceptors (Lipinski definition) is 4. The number of nitrogens with zero attached hydrogens (tertiary/aromatic N) is 1. The molecule has 0 saturated heterocycles. The highest BCUT2D eigenvalue weighted by Gasteiger charge is 2.16. The number of imide groups is 1. The van der Waals surface area contributed by atoms with Crippen LogP contribution in [0.3, 0.4) is 0 Å². The Morgan fingerprint density at radius 1 is 0.767 bits per heavy atom. The van der Waals surface area contributed by atoms with Gasteiger partial charge in [-0.05, 0) is 62.2 Å². The smallest absolute Gasteiger partial charge is 0.253 e. The number of carbonyl (C=O) groups is 2. The van der Waals surface area contributed by atoms with E-state index in [1.54, 1.807) is 12.2 Å². The number of nitrogens with one attached hydrogen (secondary N) is 1. The first kappa shape index (κ1) is 23.3. The fourth-order valence-electron chi connectivity index (χ4n) is 2.84. The molecule has 2 amide bonds. The van der Waals surface area contributed by atoms with Gasteiger partial charge in [0, 0.05) is 18.7 Å². The van der Waals surface area contributed by atoms with Gasteiger partial charge in [-0.3, -0.25) is 14.5 Å². The average molecular weight is 406 g/mol. The van der Waals surface area contributed by atoms with Crippen molar-refractivity contribution in [2.24, 2.45) is 5.73 Å². The summed E-state index contributed by atoms with van der Waals surface area (Å²) in [6, 6.07) is 19.1. The number of carbonyl (C=O) groups excluding carboxylic acids is 2. The topological polar surface area (TPSA) is 75.4 Å². The number of nitrogens with two attached hydrogens (primary N) is 1. The van der Waals surface area contributed by atoms with Crippen molar-refractivity contribution in [1.29, 1.82) is 0 Å². The minimum absolute atomic E-state index is 0.308. The van der Waals surface area contributed by atoms with Crippen LogP contribution < -0.4 is 11.1 Å². The normalized spacial score (nSPS) is 11.2. The highest BCUT2D eigenvalue weighted by atomic mass is 16.2. The van der Waals surface area contributed by atoms with E-state index >= 15 is 0 Å². The maximum atomic E-state index is 12.7.